The molecule has 3 aromatic rings. The Morgan fingerprint density at radius 1 is 0.729 bits per heavy atom. The van der Waals surface area contributed by atoms with Crippen molar-refractivity contribution in [1.82, 2.24) is 0 Å². The number of allylic oxidation sites excluding steroid dienone is 4. The van der Waals surface area contributed by atoms with Gasteiger partial charge in [-0.15, -0.1) is 0 Å². The van der Waals surface area contributed by atoms with E-state index >= 15 is 0 Å². The van der Waals surface area contributed by atoms with E-state index in [0.29, 0.717) is 22.6 Å². The van der Waals surface area contributed by atoms with E-state index in [0.717, 1.165) is 23.8 Å². The Morgan fingerprint density at radius 2 is 1.19 bits per heavy atom. The second-order valence-corrected chi connectivity index (χ2v) is 10.8. The van der Waals surface area contributed by atoms with Crippen molar-refractivity contribution in [3.05, 3.63) is 106 Å². The molecule has 0 heterocycles. The van der Waals surface area contributed by atoms with Gasteiger partial charge < -0.3 is 35.0 Å². The number of hydrogen-bond acceptors (Lipinski definition) is 11. The molecule has 0 saturated heterocycles. The number of phenolic OH excluding ortho intramolecular Hbond substituents is 4. The number of Topliss-reactive ketones (excluding diaryl/α,β-unsaturated/α-hetero) is 1. The Labute approximate surface area is 277 Å². The van der Waals surface area contributed by atoms with E-state index in [2.05, 4.69) is 0 Å². The van der Waals surface area contributed by atoms with Gasteiger partial charge in [-0.05, 0) is 86.0 Å². The first kappa shape index (κ1) is 36.5. The third-order valence-electron chi connectivity index (χ3n) is 6.97. The van der Waals surface area contributed by atoms with Crippen molar-refractivity contribution < 1.29 is 54.2 Å². The first-order valence-electron chi connectivity index (χ1n) is 14.6. The zero-order valence-electron chi connectivity index (χ0n) is 26.8. The van der Waals surface area contributed by atoms with Crippen LogP contribution in [0.25, 0.3) is 12.2 Å². The van der Waals surface area contributed by atoms with Crippen molar-refractivity contribution in [2.75, 3.05) is 14.2 Å². The summed E-state index contributed by atoms with van der Waals surface area (Å²) in [5.74, 6) is -2.09. The summed E-state index contributed by atoms with van der Waals surface area (Å²) in [4.78, 5) is 48.2. The normalized spacial score (nSPS) is 12.9. The number of phenols is 4. The number of ether oxygens (including phenoxy) is 2. The minimum absolute atomic E-state index is 0.00662. The molecule has 250 valence electrons. The molecule has 0 fully saturated rings. The van der Waals surface area contributed by atoms with Crippen molar-refractivity contribution in [2.24, 2.45) is 0 Å². The Kier molecular flexibility index (Phi) is 12.6. The minimum Gasteiger partial charge on any atom is -0.507 e. The number of aliphatic hydroxyl groups excluding tert-OH is 1. The average molecular weight is 657 g/mol. The van der Waals surface area contributed by atoms with Crippen LogP contribution in [-0.4, -0.2) is 69.0 Å². The Balaban J connectivity index is 0.000000269. The minimum atomic E-state index is -1.13. The lowest BCUT2D eigenvalue weighted by atomic mass is 9.85. The zero-order valence-corrected chi connectivity index (χ0v) is 26.8. The van der Waals surface area contributed by atoms with Crippen molar-refractivity contribution in [2.45, 2.75) is 32.8 Å². The highest BCUT2D eigenvalue weighted by Gasteiger charge is 2.33. The third-order valence-corrected chi connectivity index (χ3v) is 6.97. The molecular formula is C37H36O11. The van der Waals surface area contributed by atoms with Crippen LogP contribution in [-0.2, 0) is 9.59 Å². The van der Waals surface area contributed by atoms with E-state index < -0.39 is 17.7 Å². The molecule has 0 unspecified atom stereocenters. The molecule has 1 atom stereocenters. The summed E-state index contributed by atoms with van der Waals surface area (Å²) < 4.78 is 10.00. The fourth-order valence-corrected chi connectivity index (χ4v) is 4.47. The van der Waals surface area contributed by atoms with Gasteiger partial charge in [0.2, 0.25) is 0 Å². The topological polar surface area (TPSA) is 188 Å². The van der Waals surface area contributed by atoms with Crippen molar-refractivity contribution in [3.8, 4) is 34.5 Å². The van der Waals surface area contributed by atoms with Crippen LogP contribution in [0.15, 0.2) is 84.0 Å². The molecule has 1 aliphatic carbocycles. The van der Waals surface area contributed by atoms with Crippen molar-refractivity contribution in [3.63, 3.8) is 0 Å². The fourth-order valence-electron chi connectivity index (χ4n) is 4.47. The maximum absolute atomic E-state index is 12.3. The molecule has 3 aromatic carbocycles. The molecule has 0 spiro atoms. The van der Waals surface area contributed by atoms with Gasteiger partial charge in [-0.3, -0.25) is 19.2 Å². The number of aromatic hydroxyl groups is 4. The molecule has 0 radical (unpaired) electrons. The summed E-state index contributed by atoms with van der Waals surface area (Å²) in [6.45, 7) is 3.71. The van der Waals surface area contributed by atoms with Gasteiger partial charge in [-0.1, -0.05) is 35.9 Å². The number of methoxy groups -OCH3 is 2. The monoisotopic (exact) mass is 656 g/mol. The van der Waals surface area contributed by atoms with Gasteiger partial charge in [0.1, 0.15) is 11.5 Å². The predicted octanol–water partition coefficient (Wildman–Crippen LogP) is 5.49. The molecule has 11 nitrogen and oxygen atoms in total. The van der Waals surface area contributed by atoms with Gasteiger partial charge in [0, 0.05) is 5.57 Å². The molecule has 0 aliphatic heterocycles. The zero-order chi connectivity index (χ0) is 35.5. The number of rotatable bonds is 11. The predicted molar refractivity (Wildman–Crippen MR) is 179 cm³/mol. The molecule has 48 heavy (non-hydrogen) atoms. The van der Waals surface area contributed by atoms with Gasteiger partial charge in [0.25, 0.3) is 0 Å². The second kappa shape index (κ2) is 16.6. The third kappa shape index (κ3) is 9.54. The molecule has 5 N–H and O–H groups in total. The maximum Gasteiger partial charge on any atom is 0.196 e. The SMILES string of the molecule is CC(C)=CC[C@H](O)C1=CC(=O)c2c(O)ccc(O)c2C1=O.COc1cc(/C=C/C(=O)CC(=O)/C=C/c2ccc(O)c(OC)c2)ccc1O. The second-order valence-electron chi connectivity index (χ2n) is 10.8. The van der Waals surface area contributed by atoms with Crippen LogP contribution in [0.5, 0.6) is 34.5 Å². The van der Waals surface area contributed by atoms with Crippen LogP contribution in [0, 0.1) is 0 Å². The number of hydrogen-bond donors (Lipinski definition) is 5. The molecule has 0 aromatic heterocycles. The van der Waals surface area contributed by atoms with Gasteiger partial charge in [-0.25, -0.2) is 0 Å². The molecule has 0 saturated carbocycles. The summed E-state index contributed by atoms with van der Waals surface area (Å²) >= 11 is 0. The first-order valence-corrected chi connectivity index (χ1v) is 14.6. The summed E-state index contributed by atoms with van der Waals surface area (Å²) in [6, 6.07) is 11.6. The molecule has 11 heteroatoms. The van der Waals surface area contributed by atoms with E-state index in [1.807, 2.05) is 13.8 Å². The van der Waals surface area contributed by atoms with Gasteiger partial charge in [-0.2, -0.15) is 0 Å². The van der Waals surface area contributed by atoms with E-state index in [9.17, 15) is 44.7 Å². The first-order chi connectivity index (χ1) is 22.7. The smallest absolute Gasteiger partial charge is 0.196 e. The van der Waals surface area contributed by atoms with Crippen LogP contribution in [0.2, 0.25) is 0 Å². The molecular weight excluding hydrogens is 620 g/mol. The van der Waals surface area contributed by atoms with Gasteiger partial charge >= 0.3 is 0 Å². The van der Waals surface area contributed by atoms with Crippen molar-refractivity contribution in [1.29, 1.82) is 0 Å². The quantitative estimate of drug-likeness (QED) is 0.0760. The lowest BCUT2D eigenvalue weighted by Crippen LogP contribution is -2.25. The highest BCUT2D eigenvalue weighted by Crippen LogP contribution is 2.36. The van der Waals surface area contributed by atoms with Crippen LogP contribution < -0.4 is 9.47 Å². The van der Waals surface area contributed by atoms with E-state index in [-0.39, 0.29) is 64.1 Å². The van der Waals surface area contributed by atoms with Crippen LogP contribution in [0.3, 0.4) is 0 Å². The van der Waals surface area contributed by atoms with E-state index in [1.54, 1.807) is 42.5 Å². The highest BCUT2D eigenvalue weighted by molar-refractivity contribution is 6.27. The molecule has 4 rings (SSSR count). The highest BCUT2D eigenvalue weighted by atomic mass is 16.5. The number of fused-ring (bicyclic) bond motifs is 1. The van der Waals surface area contributed by atoms with E-state index in [1.165, 1.54) is 38.5 Å². The van der Waals surface area contributed by atoms with Gasteiger partial charge in [0.05, 0.1) is 37.9 Å². The average Bonchev–Trinajstić information content (AvgIpc) is 3.05. The molecule has 1 aliphatic rings. The van der Waals surface area contributed by atoms with Gasteiger partial charge in [0.15, 0.2) is 46.1 Å². The Bertz CT molecular complexity index is 1770. The number of benzene rings is 3. The summed E-state index contributed by atoms with van der Waals surface area (Å²) in [5, 5.41) is 48.6. The Morgan fingerprint density at radius 3 is 1.65 bits per heavy atom. The van der Waals surface area contributed by atoms with E-state index in [4.69, 9.17) is 9.47 Å². The largest absolute Gasteiger partial charge is 0.507 e. The summed E-state index contributed by atoms with van der Waals surface area (Å²) in [7, 11) is 2.87. The molecule has 0 amide bonds. The summed E-state index contributed by atoms with van der Waals surface area (Å²) in [5.41, 5.74) is 1.75. The van der Waals surface area contributed by atoms with Crippen LogP contribution in [0.1, 0.15) is 58.5 Å². The van der Waals surface area contributed by atoms with Crippen LogP contribution in [0.4, 0.5) is 0 Å². The summed E-state index contributed by atoms with van der Waals surface area (Å²) in [6.07, 6.45) is 7.28. The number of aliphatic hydroxyl groups is 1. The molecule has 0 bridgehead atoms. The fraction of sp³-hybridized carbons (Fsp3) is 0.189. The lowest BCUT2D eigenvalue weighted by Gasteiger charge is -2.20. The lowest BCUT2D eigenvalue weighted by molar-refractivity contribution is -0.121. The van der Waals surface area contributed by atoms with Crippen molar-refractivity contribution >= 4 is 35.3 Å². The number of carbonyl (C=O) groups excluding carboxylic acids is 4. The van der Waals surface area contributed by atoms with Crippen LogP contribution >= 0.6 is 0 Å². The Hall–Kier alpha value is -5.94. The number of ketones is 4. The number of carbonyl (C=O) groups is 4. The maximum atomic E-state index is 12.3. The standard InChI is InChI=1S/C21H20O6.C16H16O5/c1-26-20-11-14(5-9-18(20)24)3-7-16(22)13-17(23)8-4-15-6-10-19(25)21(12-15)27-2;1-8(2)3-4-10(17)9-7-13(20)14-11(18)5-6-12(19)15(14)16(9)21/h3-12,24-25H,13H2,1-2H3;3,5-7,10,17-19H,4H2,1-2H3/b7-3+,8-4+;/t;10-/m.0/s1.